The van der Waals surface area contributed by atoms with E-state index in [0.29, 0.717) is 18.8 Å². The van der Waals surface area contributed by atoms with Crippen LogP contribution in [0.3, 0.4) is 0 Å². The number of halogens is 1. The van der Waals surface area contributed by atoms with Gasteiger partial charge in [0.1, 0.15) is 12.4 Å². The Labute approximate surface area is 129 Å². The van der Waals surface area contributed by atoms with Gasteiger partial charge in [0, 0.05) is 29.7 Å². The van der Waals surface area contributed by atoms with Crippen molar-refractivity contribution in [3.63, 3.8) is 0 Å². The van der Waals surface area contributed by atoms with Crippen LogP contribution in [-0.2, 0) is 11.3 Å². The zero-order valence-electron chi connectivity index (χ0n) is 11.7. The molecule has 1 aromatic carbocycles. The van der Waals surface area contributed by atoms with Crippen LogP contribution in [0.25, 0.3) is 0 Å². The first-order valence-corrected chi connectivity index (χ1v) is 7.64. The van der Waals surface area contributed by atoms with Gasteiger partial charge in [-0.05, 0) is 37.5 Å². The van der Waals surface area contributed by atoms with Crippen molar-refractivity contribution in [3.8, 4) is 18.1 Å². The average Bonchev–Trinajstić information content (AvgIpc) is 2.91. The second kappa shape index (κ2) is 7.68. The van der Waals surface area contributed by atoms with Gasteiger partial charge in [0.25, 0.3) is 0 Å². The van der Waals surface area contributed by atoms with Crippen LogP contribution in [0, 0.1) is 12.3 Å². The van der Waals surface area contributed by atoms with Crippen molar-refractivity contribution in [2.75, 3.05) is 13.7 Å². The summed E-state index contributed by atoms with van der Waals surface area (Å²) in [4.78, 5) is 0. The Morgan fingerprint density at radius 2 is 2.30 bits per heavy atom. The molecule has 0 aromatic heterocycles. The Hall–Kier alpha value is -1.02. The highest BCUT2D eigenvalue weighted by Crippen LogP contribution is 2.25. The van der Waals surface area contributed by atoms with Crippen molar-refractivity contribution < 1.29 is 9.47 Å². The van der Waals surface area contributed by atoms with Crippen molar-refractivity contribution in [1.29, 1.82) is 0 Å². The van der Waals surface area contributed by atoms with E-state index in [1.165, 1.54) is 6.42 Å². The maximum Gasteiger partial charge on any atom is 0.148 e. The highest BCUT2D eigenvalue weighted by Gasteiger charge is 2.26. The summed E-state index contributed by atoms with van der Waals surface area (Å²) in [6, 6.07) is 6.39. The van der Waals surface area contributed by atoms with Crippen LogP contribution in [0.5, 0.6) is 5.75 Å². The summed E-state index contributed by atoms with van der Waals surface area (Å²) in [5.74, 6) is 3.34. The maximum atomic E-state index is 5.58. The monoisotopic (exact) mass is 337 g/mol. The van der Waals surface area contributed by atoms with E-state index in [1.807, 2.05) is 12.1 Å². The van der Waals surface area contributed by atoms with Crippen LogP contribution in [0.2, 0.25) is 0 Å². The first-order chi connectivity index (χ1) is 9.74. The molecule has 0 heterocycles. The van der Waals surface area contributed by atoms with Gasteiger partial charge in [0.15, 0.2) is 0 Å². The number of rotatable bonds is 6. The smallest absolute Gasteiger partial charge is 0.148 e. The van der Waals surface area contributed by atoms with E-state index in [1.54, 1.807) is 7.11 Å². The quantitative estimate of drug-likeness (QED) is 0.809. The lowest BCUT2D eigenvalue weighted by Crippen LogP contribution is -2.36. The lowest BCUT2D eigenvalue weighted by atomic mass is 10.1. The fourth-order valence-corrected chi connectivity index (χ4v) is 3.04. The molecule has 1 aromatic rings. The topological polar surface area (TPSA) is 30.5 Å². The zero-order valence-corrected chi connectivity index (χ0v) is 13.3. The van der Waals surface area contributed by atoms with E-state index in [-0.39, 0.29) is 0 Å². The van der Waals surface area contributed by atoms with Gasteiger partial charge in [0.2, 0.25) is 0 Å². The minimum absolute atomic E-state index is 0.290. The average molecular weight is 338 g/mol. The molecule has 2 atom stereocenters. The third kappa shape index (κ3) is 3.99. The maximum absolute atomic E-state index is 5.58. The molecule has 1 saturated carbocycles. The van der Waals surface area contributed by atoms with Gasteiger partial charge >= 0.3 is 0 Å². The number of terminal acetylenes is 1. The molecule has 4 heteroatoms. The van der Waals surface area contributed by atoms with Crippen molar-refractivity contribution in [2.24, 2.45) is 0 Å². The van der Waals surface area contributed by atoms with Crippen molar-refractivity contribution in [1.82, 2.24) is 5.32 Å². The molecule has 0 amide bonds. The molecule has 3 nitrogen and oxygen atoms in total. The molecule has 1 aliphatic carbocycles. The molecular formula is C16H20BrNO2. The minimum atomic E-state index is 0.290. The molecule has 2 rings (SSSR count). The number of methoxy groups -OCH3 is 1. The van der Waals surface area contributed by atoms with Gasteiger partial charge in [0.05, 0.1) is 6.10 Å². The standard InChI is InChI=1S/C16H20BrNO2/c1-3-9-20-15-8-7-13(17)10-12(15)11-18-14-5-4-6-16(14)19-2/h1,7-8,10,14,16,18H,4-6,9,11H2,2H3. The minimum Gasteiger partial charge on any atom is -0.481 e. The number of ether oxygens (including phenoxy) is 2. The predicted molar refractivity (Wildman–Crippen MR) is 83.7 cm³/mol. The molecule has 0 saturated heterocycles. The summed E-state index contributed by atoms with van der Waals surface area (Å²) >= 11 is 3.50. The van der Waals surface area contributed by atoms with E-state index >= 15 is 0 Å². The molecule has 2 unspecified atom stereocenters. The third-order valence-electron chi connectivity index (χ3n) is 3.64. The van der Waals surface area contributed by atoms with Crippen molar-refractivity contribution >= 4 is 15.9 Å². The van der Waals surface area contributed by atoms with Crippen LogP contribution >= 0.6 is 15.9 Å². The van der Waals surface area contributed by atoms with Crippen LogP contribution in [0.15, 0.2) is 22.7 Å². The normalized spacial score (nSPS) is 21.6. The molecule has 0 bridgehead atoms. The summed E-state index contributed by atoms with van der Waals surface area (Å²) < 4.78 is 12.1. The Kier molecular flexibility index (Phi) is 5.90. The molecule has 0 radical (unpaired) electrons. The van der Waals surface area contributed by atoms with Crippen LogP contribution < -0.4 is 10.1 Å². The highest BCUT2D eigenvalue weighted by atomic mass is 79.9. The van der Waals surface area contributed by atoms with Crippen LogP contribution in [0.4, 0.5) is 0 Å². The summed E-state index contributed by atoms with van der Waals surface area (Å²) in [5, 5.41) is 3.57. The van der Waals surface area contributed by atoms with Crippen molar-refractivity contribution in [2.45, 2.75) is 38.0 Å². The van der Waals surface area contributed by atoms with Crippen molar-refractivity contribution in [3.05, 3.63) is 28.2 Å². The molecule has 20 heavy (non-hydrogen) atoms. The van der Waals surface area contributed by atoms with Gasteiger partial charge in [-0.2, -0.15) is 0 Å². The number of nitrogens with one attached hydrogen (secondary N) is 1. The number of hydrogen-bond donors (Lipinski definition) is 1. The van der Waals surface area contributed by atoms with Gasteiger partial charge in [-0.15, -0.1) is 6.42 Å². The Balaban J connectivity index is 2.00. The van der Waals surface area contributed by atoms with E-state index in [0.717, 1.165) is 35.2 Å². The predicted octanol–water partition coefficient (Wildman–Crippen LogP) is 3.12. The Bertz CT molecular complexity index is 484. The second-order valence-electron chi connectivity index (χ2n) is 4.94. The molecule has 1 N–H and O–H groups in total. The fourth-order valence-electron chi connectivity index (χ4n) is 2.63. The highest BCUT2D eigenvalue weighted by molar-refractivity contribution is 9.10. The summed E-state index contributed by atoms with van der Waals surface area (Å²) in [5.41, 5.74) is 1.11. The number of benzene rings is 1. The molecular weight excluding hydrogens is 318 g/mol. The zero-order chi connectivity index (χ0) is 14.4. The molecule has 0 spiro atoms. The molecule has 108 valence electrons. The van der Waals surface area contributed by atoms with E-state index in [4.69, 9.17) is 15.9 Å². The first kappa shape index (κ1) is 15.4. The SMILES string of the molecule is C#CCOc1ccc(Br)cc1CNC1CCCC1OC. The van der Waals surface area contributed by atoms with Gasteiger partial charge in [-0.1, -0.05) is 21.9 Å². The summed E-state index contributed by atoms with van der Waals surface area (Å²) in [7, 11) is 1.78. The van der Waals surface area contributed by atoms with E-state index < -0.39 is 0 Å². The van der Waals surface area contributed by atoms with E-state index in [9.17, 15) is 0 Å². The Morgan fingerprint density at radius 3 is 3.05 bits per heavy atom. The molecule has 1 aliphatic rings. The van der Waals surface area contributed by atoms with Crippen LogP contribution in [-0.4, -0.2) is 25.9 Å². The summed E-state index contributed by atoms with van der Waals surface area (Å²) in [6.45, 7) is 1.04. The molecule has 1 fully saturated rings. The van der Waals surface area contributed by atoms with Gasteiger partial charge in [-0.25, -0.2) is 0 Å². The lowest BCUT2D eigenvalue weighted by Gasteiger charge is -2.20. The summed E-state index contributed by atoms with van der Waals surface area (Å²) in [6.07, 6.45) is 9.08. The van der Waals surface area contributed by atoms with E-state index in [2.05, 4.69) is 33.2 Å². The molecule has 0 aliphatic heterocycles. The Morgan fingerprint density at radius 1 is 1.45 bits per heavy atom. The van der Waals surface area contributed by atoms with Gasteiger partial charge < -0.3 is 14.8 Å². The first-order valence-electron chi connectivity index (χ1n) is 6.85. The van der Waals surface area contributed by atoms with Gasteiger partial charge in [-0.3, -0.25) is 0 Å². The van der Waals surface area contributed by atoms with Crippen LogP contribution in [0.1, 0.15) is 24.8 Å². The fraction of sp³-hybridized carbons (Fsp3) is 0.500. The lowest BCUT2D eigenvalue weighted by molar-refractivity contribution is 0.0846. The second-order valence-corrected chi connectivity index (χ2v) is 5.85. The largest absolute Gasteiger partial charge is 0.481 e. The third-order valence-corrected chi connectivity index (χ3v) is 4.14. The number of hydrogen-bond acceptors (Lipinski definition) is 3.